The summed E-state index contributed by atoms with van der Waals surface area (Å²) in [6.45, 7) is 0.687. The van der Waals surface area contributed by atoms with Gasteiger partial charge in [0.2, 0.25) is 0 Å². The van der Waals surface area contributed by atoms with Crippen LogP contribution in [0.1, 0.15) is 11.1 Å². The number of amides is 1. The Labute approximate surface area is 192 Å². The summed E-state index contributed by atoms with van der Waals surface area (Å²) in [5, 5.41) is 13.5. The predicted octanol–water partition coefficient (Wildman–Crippen LogP) is 5.25. The van der Waals surface area contributed by atoms with Gasteiger partial charge in [-0.25, -0.2) is 0 Å². The van der Waals surface area contributed by atoms with E-state index in [0.29, 0.717) is 23.7 Å². The van der Waals surface area contributed by atoms with Crippen molar-refractivity contribution in [2.45, 2.75) is 6.54 Å². The summed E-state index contributed by atoms with van der Waals surface area (Å²) in [7, 11) is 3.06. The van der Waals surface area contributed by atoms with E-state index in [1.165, 1.54) is 12.7 Å². The molecule has 6 nitrogen and oxygen atoms in total. The normalized spacial score (nSPS) is 11.1. The van der Waals surface area contributed by atoms with E-state index in [2.05, 4.69) is 22.0 Å². The third kappa shape index (κ3) is 4.73. The number of hydrogen-bond donors (Lipinski definition) is 1. The Hall–Kier alpha value is -4.50. The van der Waals surface area contributed by atoms with Crippen molar-refractivity contribution in [3.63, 3.8) is 0 Å². The van der Waals surface area contributed by atoms with Gasteiger partial charge >= 0.3 is 0 Å². The minimum absolute atomic E-state index is 0.00418. The summed E-state index contributed by atoms with van der Waals surface area (Å²) >= 11 is 0. The van der Waals surface area contributed by atoms with Gasteiger partial charge in [-0.2, -0.15) is 5.26 Å². The fraction of sp³-hybridized carbons (Fsp3) is 0.111. The second-order valence-electron chi connectivity index (χ2n) is 7.41. The summed E-state index contributed by atoms with van der Waals surface area (Å²) in [6.07, 6.45) is 3.59. The van der Waals surface area contributed by atoms with Gasteiger partial charge in [0, 0.05) is 35.3 Å². The first-order chi connectivity index (χ1) is 16.1. The van der Waals surface area contributed by atoms with Crippen molar-refractivity contribution in [1.29, 1.82) is 5.26 Å². The third-order valence-corrected chi connectivity index (χ3v) is 5.34. The first kappa shape index (κ1) is 21.7. The van der Waals surface area contributed by atoms with Crippen LogP contribution in [-0.2, 0) is 11.3 Å². The molecule has 0 fully saturated rings. The Kier molecular flexibility index (Phi) is 6.42. The van der Waals surface area contributed by atoms with Crippen LogP contribution in [0.3, 0.4) is 0 Å². The standard InChI is InChI=1S/C27H23N3O3/c1-32-22-12-13-24(26(15-22)33-2)29-27(31)20(16-28)14-21-18-30(17-19-8-4-3-5-9-19)25-11-7-6-10-23(21)25/h3-15,18H,17H2,1-2H3,(H,29,31). The number of rotatable bonds is 7. The van der Waals surface area contributed by atoms with Crippen molar-refractivity contribution in [3.8, 4) is 17.6 Å². The lowest BCUT2D eigenvalue weighted by atomic mass is 10.1. The van der Waals surface area contributed by atoms with Crippen molar-refractivity contribution in [2.75, 3.05) is 19.5 Å². The number of carbonyl (C=O) groups excluding carboxylic acids is 1. The van der Waals surface area contributed by atoms with Gasteiger partial charge in [0.25, 0.3) is 5.91 Å². The van der Waals surface area contributed by atoms with Gasteiger partial charge in [0.15, 0.2) is 0 Å². The highest BCUT2D eigenvalue weighted by molar-refractivity contribution is 6.11. The maximum Gasteiger partial charge on any atom is 0.266 e. The van der Waals surface area contributed by atoms with E-state index < -0.39 is 5.91 Å². The van der Waals surface area contributed by atoms with Crippen LogP contribution in [0.5, 0.6) is 11.5 Å². The molecule has 0 bridgehead atoms. The summed E-state index contributed by atoms with van der Waals surface area (Å²) in [4.78, 5) is 12.9. The van der Waals surface area contributed by atoms with Crippen LogP contribution < -0.4 is 14.8 Å². The molecule has 0 radical (unpaired) electrons. The van der Waals surface area contributed by atoms with Crippen molar-refractivity contribution >= 4 is 28.6 Å². The number of nitrogens with one attached hydrogen (secondary N) is 1. The molecule has 0 atom stereocenters. The first-order valence-corrected chi connectivity index (χ1v) is 10.4. The molecule has 1 heterocycles. The van der Waals surface area contributed by atoms with Gasteiger partial charge in [-0.1, -0.05) is 48.5 Å². The van der Waals surface area contributed by atoms with Crippen molar-refractivity contribution < 1.29 is 14.3 Å². The second-order valence-corrected chi connectivity index (χ2v) is 7.41. The van der Waals surface area contributed by atoms with Crippen LogP contribution in [0.2, 0.25) is 0 Å². The third-order valence-electron chi connectivity index (χ3n) is 5.34. The molecule has 6 heteroatoms. The molecule has 4 aromatic rings. The number of methoxy groups -OCH3 is 2. The molecule has 164 valence electrons. The van der Waals surface area contributed by atoms with E-state index in [1.807, 2.05) is 54.7 Å². The summed E-state index contributed by atoms with van der Waals surface area (Å²) in [6, 6.07) is 25.2. The zero-order valence-electron chi connectivity index (χ0n) is 18.4. The van der Waals surface area contributed by atoms with Crippen LogP contribution in [0.4, 0.5) is 5.69 Å². The van der Waals surface area contributed by atoms with Crippen LogP contribution >= 0.6 is 0 Å². The molecule has 0 unspecified atom stereocenters. The second kappa shape index (κ2) is 9.75. The van der Waals surface area contributed by atoms with E-state index >= 15 is 0 Å². The minimum atomic E-state index is -0.513. The highest BCUT2D eigenvalue weighted by Crippen LogP contribution is 2.30. The Bertz CT molecular complexity index is 1360. The largest absolute Gasteiger partial charge is 0.497 e. The molecule has 0 spiro atoms. The number of benzene rings is 3. The number of nitriles is 1. The van der Waals surface area contributed by atoms with Crippen LogP contribution in [0.25, 0.3) is 17.0 Å². The highest BCUT2D eigenvalue weighted by atomic mass is 16.5. The topological polar surface area (TPSA) is 76.3 Å². The Morgan fingerprint density at radius 3 is 2.52 bits per heavy atom. The molecule has 3 aromatic carbocycles. The molecule has 0 aliphatic rings. The minimum Gasteiger partial charge on any atom is -0.497 e. The van der Waals surface area contributed by atoms with E-state index in [4.69, 9.17) is 9.47 Å². The fourth-order valence-corrected chi connectivity index (χ4v) is 3.70. The maximum absolute atomic E-state index is 12.9. The molecule has 1 N–H and O–H groups in total. The molecular weight excluding hydrogens is 414 g/mol. The molecular formula is C27H23N3O3. The lowest BCUT2D eigenvalue weighted by Crippen LogP contribution is -2.14. The van der Waals surface area contributed by atoms with E-state index in [-0.39, 0.29) is 5.57 Å². The number of para-hydroxylation sites is 1. The smallest absolute Gasteiger partial charge is 0.266 e. The lowest BCUT2D eigenvalue weighted by Gasteiger charge is -2.11. The molecule has 0 saturated carbocycles. The van der Waals surface area contributed by atoms with E-state index in [1.54, 1.807) is 31.4 Å². The Balaban J connectivity index is 1.66. The molecule has 0 aliphatic heterocycles. The zero-order chi connectivity index (χ0) is 23.2. The fourth-order valence-electron chi connectivity index (χ4n) is 3.70. The van der Waals surface area contributed by atoms with Crippen molar-refractivity contribution in [1.82, 2.24) is 4.57 Å². The van der Waals surface area contributed by atoms with Crippen LogP contribution in [0, 0.1) is 11.3 Å². The van der Waals surface area contributed by atoms with Gasteiger partial charge in [0.05, 0.1) is 19.9 Å². The van der Waals surface area contributed by atoms with Gasteiger partial charge in [-0.3, -0.25) is 4.79 Å². The molecule has 4 rings (SSSR count). The number of ether oxygens (including phenoxy) is 2. The quantitative estimate of drug-likeness (QED) is 0.316. The summed E-state index contributed by atoms with van der Waals surface area (Å²) in [5.74, 6) is 0.535. The van der Waals surface area contributed by atoms with Crippen LogP contribution in [-0.4, -0.2) is 24.7 Å². The van der Waals surface area contributed by atoms with Gasteiger partial charge in [-0.15, -0.1) is 0 Å². The SMILES string of the molecule is COc1ccc(NC(=O)C(C#N)=Cc2cn(Cc3ccccc3)c3ccccc23)c(OC)c1. The van der Waals surface area contributed by atoms with Crippen molar-refractivity contribution in [2.24, 2.45) is 0 Å². The number of nitrogens with zero attached hydrogens (tertiary/aromatic N) is 2. The van der Waals surface area contributed by atoms with Crippen molar-refractivity contribution in [3.05, 3.63) is 95.7 Å². The number of anilines is 1. The monoisotopic (exact) mass is 437 g/mol. The number of hydrogen-bond acceptors (Lipinski definition) is 4. The first-order valence-electron chi connectivity index (χ1n) is 10.4. The van der Waals surface area contributed by atoms with E-state index in [9.17, 15) is 10.1 Å². The molecule has 1 aromatic heterocycles. The Morgan fingerprint density at radius 2 is 1.79 bits per heavy atom. The Morgan fingerprint density at radius 1 is 1.03 bits per heavy atom. The number of fused-ring (bicyclic) bond motifs is 1. The number of carbonyl (C=O) groups is 1. The molecule has 0 aliphatic carbocycles. The molecule has 0 saturated heterocycles. The highest BCUT2D eigenvalue weighted by Gasteiger charge is 2.15. The lowest BCUT2D eigenvalue weighted by molar-refractivity contribution is -0.112. The average Bonchev–Trinajstić information content (AvgIpc) is 3.20. The molecule has 33 heavy (non-hydrogen) atoms. The average molecular weight is 437 g/mol. The maximum atomic E-state index is 12.9. The van der Waals surface area contributed by atoms with E-state index in [0.717, 1.165) is 16.5 Å². The van der Waals surface area contributed by atoms with Gasteiger partial charge in [-0.05, 0) is 29.8 Å². The molecule has 1 amide bonds. The number of aromatic nitrogens is 1. The summed E-state index contributed by atoms with van der Waals surface area (Å²) in [5.41, 5.74) is 3.45. The summed E-state index contributed by atoms with van der Waals surface area (Å²) < 4.78 is 12.6. The van der Waals surface area contributed by atoms with Gasteiger partial charge < -0.3 is 19.4 Å². The zero-order valence-corrected chi connectivity index (χ0v) is 18.4. The van der Waals surface area contributed by atoms with Gasteiger partial charge in [0.1, 0.15) is 23.1 Å². The predicted molar refractivity (Wildman–Crippen MR) is 129 cm³/mol. The van der Waals surface area contributed by atoms with Crippen LogP contribution in [0.15, 0.2) is 84.6 Å².